The van der Waals surface area contributed by atoms with Crippen molar-refractivity contribution in [3.63, 3.8) is 0 Å². The van der Waals surface area contributed by atoms with Crippen molar-refractivity contribution in [1.82, 2.24) is 4.98 Å². The van der Waals surface area contributed by atoms with Crippen LogP contribution < -0.4 is 5.32 Å². The molecular formula is C12H13F3N2O2. The summed E-state index contributed by atoms with van der Waals surface area (Å²) in [6.45, 7) is 0. The fourth-order valence-electron chi connectivity index (χ4n) is 2.35. The summed E-state index contributed by atoms with van der Waals surface area (Å²) >= 11 is 0. The molecule has 1 heterocycles. The number of halogens is 3. The van der Waals surface area contributed by atoms with Gasteiger partial charge >= 0.3 is 12.1 Å². The highest BCUT2D eigenvalue weighted by molar-refractivity contribution is 5.72. The summed E-state index contributed by atoms with van der Waals surface area (Å²) in [6, 6.07) is 1.63. The Morgan fingerprint density at radius 2 is 2.16 bits per heavy atom. The molecule has 1 saturated carbocycles. The number of carbonyl (C=O) groups is 1. The highest BCUT2D eigenvalue weighted by atomic mass is 19.4. The number of anilines is 1. The second-order valence-electron chi connectivity index (χ2n) is 4.52. The zero-order valence-electron chi connectivity index (χ0n) is 9.94. The Bertz CT molecular complexity index is 476. The molecule has 0 spiro atoms. The molecule has 0 bridgehead atoms. The Morgan fingerprint density at radius 1 is 1.42 bits per heavy atom. The minimum atomic E-state index is -4.51. The van der Waals surface area contributed by atoms with Gasteiger partial charge in [-0.3, -0.25) is 4.79 Å². The van der Waals surface area contributed by atoms with Crippen molar-refractivity contribution in [1.29, 1.82) is 0 Å². The van der Waals surface area contributed by atoms with Crippen LogP contribution in [0.4, 0.5) is 19.0 Å². The molecule has 4 nitrogen and oxygen atoms in total. The smallest absolute Gasteiger partial charge is 0.419 e. The summed E-state index contributed by atoms with van der Waals surface area (Å²) in [5.41, 5.74) is -0.869. The van der Waals surface area contributed by atoms with E-state index in [1.165, 1.54) is 12.3 Å². The maximum absolute atomic E-state index is 12.8. The largest absolute Gasteiger partial charge is 0.481 e. The van der Waals surface area contributed by atoms with Gasteiger partial charge in [0.05, 0.1) is 11.5 Å². The van der Waals surface area contributed by atoms with Gasteiger partial charge in [-0.1, -0.05) is 6.42 Å². The van der Waals surface area contributed by atoms with Crippen LogP contribution in [-0.2, 0) is 11.0 Å². The molecule has 1 aromatic heterocycles. The summed E-state index contributed by atoms with van der Waals surface area (Å²) in [6.07, 6.45) is -1.56. The van der Waals surface area contributed by atoms with E-state index in [2.05, 4.69) is 10.3 Å². The summed E-state index contributed by atoms with van der Waals surface area (Å²) in [5.74, 6) is -1.95. The summed E-state index contributed by atoms with van der Waals surface area (Å²) < 4.78 is 38.3. The minimum Gasteiger partial charge on any atom is -0.481 e. The van der Waals surface area contributed by atoms with E-state index >= 15 is 0 Å². The molecule has 0 aromatic carbocycles. The molecule has 2 unspecified atom stereocenters. The van der Waals surface area contributed by atoms with Gasteiger partial charge in [0, 0.05) is 12.2 Å². The normalized spacial score (nSPS) is 23.3. The Morgan fingerprint density at radius 3 is 2.79 bits per heavy atom. The molecular weight excluding hydrogens is 261 g/mol. The SMILES string of the molecule is O=C(O)C1CCCC1Nc1ncccc1C(F)(F)F. The first-order chi connectivity index (χ1) is 8.89. The second-order valence-corrected chi connectivity index (χ2v) is 4.52. The van der Waals surface area contributed by atoms with Gasteiger partial charge in [-0.2, -0.15) is 13.2 Å². The molecule has 104 valence electrons. The predicted octanol–water partition coefficient (Wildman–Crippen LogP) is 2.77. The number of rotatable bonds is 3. The first-order valence-electron chi connectivity index (χ1n) is 5.91. The first-order valence-corrected chi connectivity index (χ1v) is 5.91. The molecule has 1 aliphatic rings. The van der Waals surface area contributed by atoms with Crippen molar-refractivity contribution < 1.29 is 23.1 Å². The quantitative estimate of drug-likeness (QED) is 0.889. The number of nitrogens with zero attached hydrogens (tertiary/aromatic N) is 1. The molecule has 0 saturated heterocycles. The lowest BCUT2D eigenvalue weighted by molar-refractivity contribution is -0.141. The molecule has 1 aliphatic carbocycles. The highest BCUT2D eigenvalue weighted by Crippen LogP contribution is 2.35. The summed E-state index contributed by atoms with van der Waals surface area (Å²) in [7, 11) is 0. The van der Waals surface area contributed by atoms with Crippen molar-refractivity contribution in [2.24, 2.45) is 5.92 Å². The third-order valence-electron chi connectivity index (χ3n) is 3.27. The van der Waals surface area contributed by atoms with E-state index in [1.807, 2.05) is 0 Å². The lowest BCUT2D eigenvalue weighted by Crippen LogP contribution is -2.31. The lowest BCUT2D eigenvalue weighted by Gasteiger charge is -2.20. The number of carboxylic acids is 1. The van der Waals surface area contributed by atoms with Gasteiger partial charge in [0.25, 0.3) is 0 Å². The number of pyridine rings is 1. The van der Waals surface area contributed by atoms with Crippen LogP contribution in [0.3, 0.4) is 0 Å². The molecule has 1 fully saturated rings. The molecule has 0 radical (unpaired) electrons. The molecule has 2 atom stereocenters. The molecule has 2 N–H and O–H groups in total. The fourth-order valence-corrected chi connectivity index (χ4v) is 2.35. The van der Waals surface area contributed by atoms with Crippen LogP contribution >= 0.6 is 0 Å². The van der Waals surface area contributed by atoms with Crippen molar-refractivity contribution in [2.75, 3.05) is 5.32 Å². The van der Waals surface area contributed by atoms with E-state index in [9.17, 15) is 18.0 Å². The van der Waals surface area contributed by atoms with Crippen LogP contribution in [0.5, 0.6) is 0 Å². The van der Waals surface area contributed by atoms with E-state index < -0.39 is 29.7 Å². The number of hydrogen-bond acceptors (Lipinski definition) is 3. The summed E-state index contributed by atoms with van der Waals surface area (Å²) in [4.78, 5) is 14.7. The molecule has 2 rings (SSSR count). The van der Waals surface area contributed by atoms with Gasteiger partial charge in [-0.15, -0.1) is 0 Å². The van der Waals surface area contributed by atoms with E-state index in [4.69, 9.17) is 5.11 Å². The van der Waals surface area contributed by atoms with Gasteiger partial charge in [0.15, 0.2) is 0 Å². The Labute approximate surface area is 107 Å². The number of aliphatic carboxylic acids is 1. The fraction of sp³-hybridized carbons (Fsp3) is 0.500. The number of carboxylic acid groups (broad SMARTS) is 1. The van der Waals surface area contributed by atoms with Crippen molar-refractivity contribution >= 4 is 11.8 Å². The van der Waals surface area contributed by atoms with Crippen molar-refractivity contribution in [3.8, 4) is 0 Å². The van der Waals surface area contributed by atoms with Gasteiger partial charge < -0.3 is 10.4 Å². The average Bonchev–Trinajstić information content (AvgIpc) is 2.76. The average molecular weight is 274 g/mol. The Hall–Kier alpha value is -1.79. The Balaban J connectivity index is 2.22. The van der Waals surface area contributed by atoms with E-state index in [1.54, 1.807) is 0 Å². The van der Waals surface area contributed by atoms with Gasteiger partial charge in [-0.25, -0.2) is 4.98 Å². The molecule has 19 heavy (non-hydrogen) atoms. The predicted molar refractivity (Wildman–Crippen MR) is 61.6 cm³/mol. The van der Waals surface area contributed by atoms with Crippen LogP contribution in [0.25, 0.3) is 0 Å². The number of nitrogens with one attached hydrogen (secondary N) is 1. The maximum Gasteiger partial charge on any atom is 0.419 e. The lowest BCUT2D eigenvalue weighted by atomic mass is 10.0. The van der Waals surface area contributed by atoms with Crippen LogP contribution in [0.2, 0.25) is 0 Å². The van der Waals surface area contributed by atoms with Gasteiger partial charge in [0.1, 0.15) is 5.82 Å². The molecule has 7 heteroatoms. The third-order valence-corrected chi connectivity index (χ3v) is 3.27. The number of hydrogen-bond donors (Lipinski definition) is 2. The molecule has 0 aliphatic heterocycles. The third kappa shape index (κ3) is 2.97. The van der Waals surface area contributed by atoms with E-state index in [-0.39, 0.29) is 5.82 Å². The van der Waals surface area contributed by atoms with E-state index in [0.29, 0.717) is 19.3 Å². The summed E-state index contributed by atoms with van der Waals surface area (Å²) in [5, 5.41) is 11.6. The molecule has 1 aromatic rings. The first kappa shape index (κ1) is 13.6. The van der Waals surface area contributed by atoms with Crippen molar-refractivity contribution in [2.45, 2.75) is 31.5 Å². The second kappa shape index (κ2) is 5.07. The minimum absolute atomic E-state index is 0.298. The standard InChI is InChI=1S/C12H13F3N2O2/c13-12(14,15)8-4-2-6-16-10(8)17-9-5-1-3-7(9)11(18)19/h2,4,6-7,9H,1,3,5H2,(H,16,17)(H,18,19). The number of alkyl halides is 3. The van der Waals surface area contributed by atoms with Crippen LogP contribution in [-0.4, -0.2) is 22.1 Å². The van der Waals surface area contributed by atoms with Crippen molar-refractivity contribution in [3.05, 3.63) is 23.9 Å². The topological polar surface area (TPSA) is 62.2 Å². The Kier molecular flexibility index (Phi) is 3.64. The van der Waals surface area contributed by atoms with Gasteiger partial charge in [0.2, 0.25) is 0 Å². The zero-order chi connectivity index (χ0) is 14.0. The highest BCUT2D eigenvalue weighted by Gasteiger charge is 2.37. The monoisotopic (exact) mass is 274 g/mol. The van der Waals surface area contributed by atoms with Gasteiger partial charge in [-0.05, 0) is 25.0 Å². The van der Waals surface area contributed by atoms with Crippen LogP contribution in [0.15, 0.2) is 18.3 Å². The molecule has 0 amide bonds. The zero-order valence-corrected chi connectivity index (χ0v) is 9.94. The van der Waals surface area contributed by atoms with Crippen LogP contribution in [0, 0.1) is 5.92 Å². The van der Waals surface area contributed by atoms with E-state index in [0.717, 1.165) is 6.07 Å². The van der Waals surface area contributed by atoms with Crippen LogP contribution in [0.1, 0.15) is 24.8 Å². The maximum atomic E-state index is 12.8. The number of aromatic nitrogens is 1.